The van der Waals surface area contributed by atoms with Crippen LogP contribution in [0, 0.1) is 0 Å². The Hall–Kier alpha value is -6.00. The summed E-state index contributed by atoms with van der Waals surface area (Å²) in [6, 6.07) is 46.9. The molecule has 0 radical (unpaired) electrons. The maximum Gasteiger partial charge on any atom is 0.252 e. The first-order valence-electron chi connectivity index (χ1n) is 28.1. The topological polar surface area (TPSA) is 10.9 Å². The van der Waals surface area contributed by atoms with Gasteiger partial charge in [0.1, 0.15) is 0 Å². The summed E-state index contributed by atoms with van der Waals surface area (Å²) < 4.78 is 2.64. The predicted octanol–water partition coefficient (Wildman–Crippen LogP) is 17.5. The van der Waals surface area contributed by atoms with Gasteiger partial charge in [0.15, 0.2) is 0 Å². The molecular formula is C70H78BN3. The zero-order valence-electron chi connectivity index (χ0n) is 47.7. The second kappa shape index (κ2) is 14.9. The van der Waals surface area contributed by atoms with Crippen molar-refractivity contribution in [2.45, 2.75) is 181 Å². The van der Waals surface area contributed by atoms with Gasteiger partial charge in [-0.1, -0.05) is 184 Å². The van der Waals surface area contributed by atoms with Crippen molar-refractivity contribution >= 4 is 95.3 Å². The molecule has 4 heterocycles. The summed E-state index contributed by atoms with van der Waals surface area (Å²) in [6.07, 6.45) is 4.68. The second-order valence-electron chi connectivity index (χ2n) is 29.2. The van der Waals surface area contributed by atoms with Gasteiger partial charge >= 0.3 is 0 Å². The summed E-state index contributed by atoms with van der Waals surface area (Å²) in [5, 5.41) is 5.32. The minimum absolute atomic E-state index is 0.0182. The van der Waals surface area contributed by atoms with E-state index in [2.05, 4.69) is 247 Å². The molecule has 0 bridgehead atoms. The van der Waals surface area contributed by atoms with E-state index in [1.807, 2.05) is 0 Å². The van der Waals surface area contributed by atoms with E-state index in [4.69, 9.17) is 0 Å². The highest BCUT2D eigenvalue weighted by molar-refractivity contribution is 7.01. The van der Waals surface area contributed by atoms with Gasteiger partial charge in [0, 0.05) is 44.3 Å². The number of hydrogen-bond donors (Lipinski definition) is 0. The highest BCUT2D eigenvalue weighted by Gasteiger charge is 2.50. The van der Waals surface area contributed by atoms with Crippen molar-refractivity contribution in [1.82, 2.24) is 4.40 Å². The Morgan fingerprint density at radius 2 is 0.865 bits per heavy atom. The third kappa shape index (κ3) is 6.57. The van der Waals surface area contributed by atoms with Crippen LogP contribution < -0.4 is 26.2 Å². The fourth-order valence-corrected chi connectivity index (χ4v) is 14.4. The zero-order valence-corrected chi connectivity index (χ0v) is 47.7. The normalized spacial score (nSPS) is 18.5. The summed E-state index contributed by atoms with van der Waals surface area (Å²) in [6.45, 7) is 41.4. The number of rotatable bonds is 2. The quantitative estimate of drug-likeness (QED) is 0.160. The molecule has 0 amide bonds. The molecule has 2 aromatic heterocycles. The third-order valence-corrected chi connectivity index (χ3v) is 19.2. The molecule has 4 heteroatoms. The van der Waals surface area contributed by atoms with Crippen LogP contribution in [-0.4, -0.2) is 11.1 Å². The maximum absolute atomic E-state index is 2.80. The Labute approximate surface area is 442 Å². The van der Waals surface area contributed by atoms with Gasteiger partial charge in [-0.25, -0.2) is 0 Å². The molecule has 4 aliphatic rings. The van der Waals surface area contributed by atoms with Crippen molar-refractivity contribution in [3.05, 3.63) is 154 Å². The predicted molar refractivity (Wildman–Crippen MR) is 322 cm³/mol. The van der Waals surface area contributed by atoms with E-state index in [0.29, 0.717) is 0 Å². The van der Waals surface area contributed by atoms with Gasteiger partial charge in [-0.15, -0.1) is 0 Å². The van der Waals surface area contributed by atoms with Crippen molar-refractivity contribution in [3.63, 3.8) is 0 Å². The molecule has 74 heavy (non-hydrogen) atoms. The molecule has 9 aromatic rings. The van der Waals surface area contributed by atoms with E-state index < -0.39 is 0 Å². The first kappa shape index (κ1) is 47.7. The Kier molecular flexibility index (Phi) is 9.60. The maximum atomic E-state index is 2.80. The van der Waals surface area contributed by atoms with E-state index in [9.17, 15) is 0 Å². The number of para-hydroxylation sites is 2. The Morgan fingerprint density at radius 3 is 1.39 bits per heavy atom. The number of anilines is 6. The number of fused-ring (bicyclic) bond motifs is 14. The Bertz CT molecular complexity index is 3840. The average Bonchev–Trinajstić information content (AvgIpc) is 3.85. The minimum atomic E-state index is -0.0756. The van der Waals surface area contributed by atoms with Crippen LogP contribution in [0.15, 0.2) is 115 Å². The summed E-state index contributed by atoms with van der Waals surface area (Å²) in [4.78, 5) is 5.58. The number of benzene rings is 7. The molecule has 0 unspecified atom stereocenters. The van der Waals surface area contributed by atoms with Gasteiger partial charge in [-0.2, -0.15) is 0 Å². The van der Waals surface area contributed by atoms with Crippen LogP contribution in [-0.2, 0) is 37.9 Å². The molecule has 376 valence electrons. The monoisotopic (exact) mass is 972 g/mol. The number of aromatic nitrogens is 1. The summed E-state index contributed by atoms with van der Waals surface area (Å²) in [5.41, 5.74) is 25.9. The molecule has 0 spiro atoms. The minimum Gasteiger partial charge on any atom is -0.311 e. The summed E-state index contributed by atoms with van der Waals surface area (Å²) >= 11 is 0. The lowest BCUT2D eigenvalue weighted by Gasteiger charge is -2.48. The molecule has 13 rings (SSSR count). The first-order valence-corrected chi connectivity index (χ1v) is 28.1. The van der Waals surface area contributed by atoms with Crippen molar-refractivity contribution in [3.8, 4) is 0 Å². The lowest BCUT2D eigenvalue weighted by Crippen LogP contribution is -2.62. The molecule has 0 atom stereocenters. The van der Waals surface area contributed by atoms with Crippen LogP contribution in [0.1, 0.15) is 182 Å². The van der Waals surface area contributed by atoms with Gasteiger partial charge in [0.05, 0.1) is 27.9 Å². The van der Waals surface area contributed by atoms with E-state index in [1.165, 1.54) is 140 Å². The average molecular weight is 972 g/mol. The van der Waals surface area contributed by atoms with Gasteiger partial charge in [0.25, 0.3) is 6.71 Å². The third-order valence-electron chi connectivity index (χ3n) is 19.2. The molecule has 3 nitrogen and oxygen atoms in total. The summed E-state index contributed by atoms with van der Waals surface area (Å²) in [7, 11) is 0. The van der Waals surface area contributed by atoms with Crippen LogP contribution in [0.5, 0.6) is 0 Å². The Morgan fingerprint density at radius 1 is 0.405 bits per heavy atom. The molecule has 0 N–H and O–H groups in total. The lowest BCUT2D eigenvalue weighted by atomic mass is 9.32. The van der Waals surface area contributed by atoms with Crippen LogP contribution in [0.25, 0.3) is 38.1 Å². The van der Waals surface area contributed by atoms with E-state index in [1.54, 1.807) is 0 Å². The molecule has 0 fully saturated rings. The summed E-state index contributed by atoms with van der Waals surface area (Å²) in [5.74, 6) is 0. The molecule has 0 saturated carbocycles. The molecular weight excluding hydrogens is 894 g/mol. The van der Waals surface area contributed by atoms with Crippen LogP contribution in [0.4, 0.5) is 34.1 Å². The highest BCUT2D eigenvalue weighted by atomic mass is 15.2. The lowest BCUT2D eigenvalue weighted by molar-refractivity contribution is 0.332. The standard InChI is InChI=1S/C70H78BN3/c1-64(2,3)41-26-29-52-56(37-41)73(45-35-42(65(4,5)6)34-43(36-45)66(7,8)9)63-59-47-23-19-21-25-55(47)74-54-24-20-18-22-46(54)58(61(59)74)62-60(63)71(52)53-39-50-51(70(16,17)33-32-69(50,14)15)40-57(53)72(62)44-27-28-48-49(38-44)68(12,13)31-30-67(48,10)11/h18-29,34-40H,30-33H2,1-17H3. The van der Waals surface area contributed by atoms with Crippen LogP contribution in [0.2, 0.25) is 0 Å². The SMILES string of the molecule is CC(C)(C)c1cc(N2c3cc(C(C)(C)C)ccc3B3c4cc5c(cc4N(c4ccc6c(c4)C(C)(C)CCC6(C)C)c4c3c2c2c3ccccc3n3c6ccccc6c4c23)C(C)(C)CCC5(C)C)cc(C(C)(C)C)c1. The van der Waals surface area contributed by atoms with Gasteiger partial charge < -0.3 is 14.2 Å². The highest BCUT2D eigenvalue weighted by Crippen LogP contribution is 2.58. The van der Waals surface area contributed by atoms with E-state index in [-0.39, 0.29) is 44.6 Å². The number of hydrogen-bond acceptors (Lipinski definition) is 2. The fraction of sp³-hybridized carbons (Fsp3) is 0.400. The van der Waals surface area contributed by atoms with E-state index in [0.717, 1.165) is 12.8 Å². The van der Waals surface area contributed by atoms with Crippen LogP contribution in [0.3, 0.4) is 0 Å². The number of nitrogens with zero attached hydrogens (tertiary/aromatic N) is 3. The Balaban J connectivity index is 1.30. The molecule has 0 saturated heterocycles. The van der Waals surface area contributed by atoms with E-state index >= 15 is 0 Å². The molecule has 2 aliphatic heterocycles. The van der Waals surface area contributed by atoms with Crippen molar-refractivity contribution in [2.24, 2.45) is 0 Å². The largest absolute Gasteiger partial charge is 0.311 e. The zero-order chi connectivity index (χ0) is 52.4. The van der Waals surface area contributed by atoms with Gasteiger partial charge in [-0.3, -0.25) is 0 Å². The van der Waals surface area contributed by atoms with Crippen molar-refractivity contribution < 1.29 is 0 Å². The van der Waals surface area contributed by atoms with Crippen molar-refractivity contribution in [1.29, 1.82) is 0 Å². The smallest absolute Gasteiger partial charge is 0.252 e. The van der Waals surface area contributed by atoms with Gasteiger partial charge in [-0.05, 0) is 167 Å². The van der Waals surface area contributed by atoms with Crippen LogP contribution >= 0.6 is 0 Å². The first-order chi connectivity index (χ1) is 34.6. The molecule has 2 aliphatic carbocycles. The molecule has 7 aromatic carbocycles. The van der Waals surface area contributed by atoms with Crippen molar-refractivity contribution in [2.75, 3.05) is 9.80 Å². The van der Waals surface area contributed by atoms with Gasteiger partial charge in [0.2, 0.25) is 0 Å². The second-order valence-corrected chi connectivity index (χ2v) is 29.2. The fourth-order valence-electron chi connectivity index (χ4n) is 14.4.